The van der Waals surface area contributed by atoms with E-state index in [9.17, 15) is 4.79 Å². The average molecular weight is 449 g/mol. The average Bonchev–Trinajstić information content (AvgIpc) is 3.58. The first-order chi connectivity index (χ1) is 15.3. The standard InChI is InChI=1S/C21H16N6O2S2/c28-19(12-31-21-24-23-20-22-13-5-1-2-6-15(13)26(20)21)27-16(17-7-3-9-29-17)11-14(25-27)18-8-4-10-30-18/h1-10,16H,11-12H2,(H,22,23)/t16-/m1/s1. The van der Waals surface area contributed by atoms with Crippen molar-refractivity contribution in [1.29, 1.82) is 0 Å². The Balaban J connectivity index is 1.27. The van der Waals surface area contributed by atoms with Gasteiger partial charge in [0.25, 0.3) is 5.91 Å². The third-order valence-corrected chi connectivity index (χ3v) is 7.01. The molecule has 1 aliphatic rings. The molecule has 1 amide bonds. The molecular weight excluding hydrogens is 432 g/mol. The number of H-pyrrole nitrogens is 1. The molecule has 1 aromatic carbocycles. The van der Waals surface area contributed by atoms with Crippen LogP contribution in [-0.2, 0) is 4.79 Å². The van der Waals surface area contributed by atoms with Crippen molar-refractivity contribution in [3.63, 3.8) is 0 Å². The molecule has 5 heterocycles. The number of hydrogen-bond acceptors (Lipinski definition) is 7. The summed E-state index contributed by atoms with van der Waals surface area (Å²) in [6, 6.07) is 15.3. The van der Waals surface area contributed by atoms with Crippen LogP contribution in [0.4, 0.5) is 0 Å². The van der Waals surface area contributed by atoms with Crippen molar-refractivity contribution < 1.29 is 9.21 Å². The fourth-order valence-electron chi connectivity index (χ4n) is 3.77. The second kappa shape index (κ2) is 7.40. The second-order valence-corrected chi connectivity index (χ2v) is 8.94. The van der Waals surface area contributed by atoms with Gasteiger partial charge in [0.2, 0.25) is 5.78 Å². The van der Waals surface area contributed by atoms with Crippen molar-refractivity contribution in [1.82, 2.24) is 24.6 Å². The number of furan rings is 1. The molecule has 8 nitrogen and oxygen atoms in total. The summed E-state index contributed by atoms with van der Waals surface area (Å²) in [5.41, 5.74) is 2.73. The Morgan fingerprint density at radius 3 is 3.00 bits per heavy atom. The minimum absolute atomic E-state index is 0.0986. The van der Waals surface area contributed by atoms with Crippen molar-refractivity contribution in [2.75, 3.05) is 5.75 Å². The van der Waals surface area contributed by atoms with E-state index in [1.54, 1.807) is 22.6 Å². The fraction of sp³-hybridized carbons (Fsp3) is 0.143. The zero-order valence-corrected chi connectivity index (χ0v) is 17.8. The van der Waals surface area contributed by atoms with Gasteiger partial charge in [0.1, 0.15) is 11.8 Å². The Hall–Kier alpha value is -3.37. The number of carbonyl (C=O) groups excluding carboxylic acids is 1. The summed E-state index contributed by atoms with van der Waals surface area (Å²) in [4.78, 5) is 18.8. The van der Waals surface area contributed by atoms with E-state index >= 15 is 0 Å². The molecule has 0 saturated heterocycles. The van der Waals surface area contributed by atoms with E-state index in [4.69, 9.17) is 4.42 Å². The van der Waals surface area contributed by atoms with E-state index in [0.717, 1.165) is 27.4 Å². The highest BCUT2D eigenvalue weighted by Gasteiger charge is 2.35. The molecule has 10 heteroatoms. The number of aromatic amines is 1. The van der Waals surface area contributed by atoms with Crippen LogP contribution in [0, 0.1) is 0 Å². The van der Waals surface area contributed by atoms with Crippen LogP contribution in [0.15, 0.2) is 74.8 Å². The summed E-state index contributed by atoms with van der Waals surface area (Å²) in [6.45, 7) is 0. The van der Waals surface area contributed by atoms with Crippen LogP contribution >= 0.6 is 23.1 Å². The highest BCUT2D eigenvalue weighted by molar-refractivity contribution is 7.99. The molecule has 1 atom stereocenters. The number of rotatable bonds is 5. The number of thiophene rings is 1. The van der Waals surface area contributed by atoms with Crippen molar-refractivity contribution >= 4 is 51.5 Å². The molecule has 0 radical (unpaired) electrons. The van der Waals surface area contributed by atoms with Crippen molar-refractivity contribution in [3.8, 4) is 0 Å². The molecule has 6 rings (SSSR count). The molecule has 1 N–H and O–H groups in total. The molecule has 0 spiro atoms. The number of aromatic nitrogens is 4. The topological polar surface area (TPSA) is 91.8 Å². The zero-order valence-electron chi connectivity index (χ0n) is 16.1. The first-order valence-electron chi connectivity index (χ1n) is 9.69. The number of hydrazone groups is 1. The summed E-state index contributed by atoms with van der Waals surface area (Å²) in [7, 11) is 0. The summed E-state index contributed by atoms with van der Waals surface area (Å²) < 4.78 is 7.54. The zero-order chi connectivity index (χ0) is 20.8. The van der Waals surface area contributed by atoms with Crippen LogP contribution in [0.3, 0.4) is 0 Å². The van der Waals surface area contributed by atoms with Gasteiger partial charge in [-0.1, -0.05) is 30.0 Å². The number of imidazole rings is 1. The van der Waals surface area contributed by atoms with Gasteiger partial charge in [-0.25, -0.2) is 15.1 Å². The molecule has 0 fully saturated rings. The number of thioether (sulfide) groups is 1. The van der Waals surface area contributed by atoms with Gasteiger partial charge >= 0.3 is 0 Å². The molecule has 4 aromatic heterocycles. The number of nitrogens with one attached hydrogen (secondary N) is 1. The van der Waals surface area contributed by atoms with Gasteiger partial charge in [-0.2, -0.15) is 5.10 Å². The first kappa shape index (κ1) is 18.4. The molecule has 0 unspecified atom stereocenters. The predicted molar refractivity (Wildman–Crippen MR) is 119 cm³/mol. The molecule has 0 saturated carbocycles. The van der Waals surface area contributed by atoms with Crippen molar-refractivity contribution in [2.24, 2.45) is 5.10 Å². The largest absolute Gasteiger partial charge is 0.467 e. The predicted octanol–water partition coefficient (Wildman–Crippen LogP) is 4.34. The van der Waals surface area contributed by atoms with E-state index in [1.807, 2.05) is 58.3 Å². The van der Waals surface area contributed by atoms with Gasteiger partial charge in [-0.15, -0.1) is 16.4 Å². The summed E-state index contributed by atoms with van der Waals surface area (Å²) in [5, 5.41) is 16.2. The lowest BCUT2D eigenvalue weighted by Crippen LogP contribution is -2.28. The lowest BCUT2D eigenvalue weighted by Gasteiger charge is -2.19. The number of fused-ring (bicyclic) bond motifs is 3. The number of para-hydroxylation sites is 2. The van der Waals surface area contributed by atoms with E-state index in [0.29, 0.717) is 17.4 Å². The minimum Gasteiger partial charge on any atom is -0.467 e. The third kappa shape index (κ3) is 3.15. The Labute approximate surface area is 184 Å². The highest BCUT2D eigenvalue weighted by Crippen LogP contribution is 2.35. The Bertz CT molecular complexity index is 1400. The highest BCUT2D eigenvalue weighted by atomic mass is 32.2. The molecule has 154 valence electrons. The fourth-order valence-corrected chi connectivity index (χ4v) is 5.30. The Kier molecular flexibility index (Phi) is 4.39. The summed E-state index contributed by atoms with van der Waals surface area (Å²) in [6.07, 6.45) is 2.25. The van der Waals surface area contributed by atoms with Crippen molar-refractivity contribution in [3.05, 3.63) is 70.8 Å². The van der Waals surface area contributed by atoms with Crippen LogP contribution in [0.5, 0.6) is 0 Å². The number of carbonyl (C=O) groups is 1. The minimum atomic E-state index is -0.242. The van der Waals surface area contributed by atoms with E-state index in [-0.39, 0.29) is 17.7 Å². The molecule has 31 heavy (non-hydrogen) atoms. The number of benzene rings is 1. The number of hydrogen-bond donors (Lipinski definition) is 1. The van der Waals surface area contributed by atoms with Crippen LogP contribution in [0.2, 0.25) is 0 Å². The van der Waals surface area contributed by atoms with Crippen LogP contribution < -0.4 is 0 Å². The summed E-state index contributed by atoms with van der Waals surface area (Å²) in [5.74, 6) is 1.49. The quantitative estimate of drug-likeness (QED) is 0.404. The van der Waals surface area contributed by atoms with Crippen LogP contribution in [0.1, 0.15) is 23.1 Å². The molecule has 0 bridgehead atoms. The van der Waals surface area contributed by atoms with E-state index in [1.165, 1.54) is 11.8 Å². The van der Waals surface area contributed by atoms with Gasteiger partial charge < -0.3 is 4.42 Å². The maximum Gasteiger partial charge on any atom is 0.253 e. The first-order valence-corrected chi connectivity index (χ1v) is 11.6. The van der Waals surface area contributed by atoms with Crippen molar-refractivity contribution in [2.45, 2.75) is 17.6 Å². The van der Waals surface area contributed by atoms with Gasteiger partial charge in [0.05, 0.1) is 33.6 Å². The van der Waals surface area contributed by atoms with E-state index in [2.05, 4.69) is 20.3 Å². The maximum atomic E-state index is 13.2. The lowest BCUT2D eigenvalue weighted by atomic mass is 10.1. The Morgan fingerprint density at radius 2 is 2.16 bits per heavy atom. The molecule has 0 aliphatic carbocycles. The number of amides is 1. The normalized spacial score (nSPS) is 16.5. The maximum absolute atomic E-state index is 13.2. The number of nitrogens with zero attached hydrogens (tertiary/aromatic N) is 5. The van der Waals surface area contributed by atoms with Crippen LogP contribution in [0.25, 0.3) is 16.8 Å². The monoisotopic (exact) mass is 448 g/mol. The smallest absolute Gasteiger partial charge is 0.253 e. The molecular formula is C21H16N6O2S2. The van der Waals surface area contributed by atoms with Gasteiger partial charge in [-0.05, 0) is 35.7 Å². The van der Waals surface area contributed by atoms with Gasteiger partial charge in [-0.3, -0.25) is 9.20 Å². The second-order valence-electron chi connectivity index (χ2n) is 7.05. The molecule has 5 aromatic rings. The Morgan fingerprint density at radius 1 is 1.23 bits per heavy atom. The third-order valence-electron chi connectivity index (χ3n) is 5.17. The summed E-state index contributed by atoms with van der Waals surface area (Å²) >= 11 is 2.98. The van der Waals surface area contributed by atoms with Crippen LogP contribution in [-0.4, -0.2) is 42.0 Å². The lowest BCUT2D eigenvalue weighted by molar-refractivity contribution is -0.130. The van der Waals surface area contributed by atoms with Gasteiger partial charge in [0.15, 0.2) is 5.16 Å². The van der Waals surface area contributed by atoms with Gasteiger partial charge in [0, 0.05) is 6.42 Å². The molecule has 1 aliphatic heterocycles. The SMILES string of the molecule is O=C(CSc1n[nH]c2nc3ccccc3n12)N1N=C(c2cccs2)C[C@@H]1c1ccco1. The van der Waals surface area contributed by atoms with E-state index < -0.39 is 0 Å².